The smallest absolute Gasteiger partial charge is 0.407 e. The van der Waals surface area contributed by atoms with Crippen molar-refractivity contribution >= 4 is 6.09 Å². The molecular formula is C17H30N4O3. The number of carbonyl (C=O) groups excluding carboxylic acids is 1. The second kappa shape index (κ2) is 6.72. The molecule has 1 amide bonds. The molecule has 1 aliphatic carbocycles. The number of aromatic nitrogens is 2. The zero-order chi connectivity index (χ0) is 18.1. The van der Waals surface area contributed by atoms with Crippen LogP contribution in [-0.2, 0) is 11.8 Å². The van der Waals surface area contributed by atoms with E-state index in [1.807, 2.05) is 34.0 Å². The fourth-order valence-corrected chi connectivity index (χ4v) is 2.95. The monoisotopic (exact) mass is 338 g/mol. The first kappa shape index (κ1) is 18.7. The van der Waals surface area contributed by atoms with Crippen LogP contribution in [-0.4, -0.2) is 45.2 Å². The van der Waals surface area contributed by atoms with Crippen molar-refractivity contribution in [1.29, 1.82) is 0 Å². The van der Waals surface area contributed by atoms with E-state index in [1.54, 1.807) is 10.9 Å². The molecule has 0 aromatic carbocycles. The van der Waals surface area contributed by atoms with Crippen LogP contribution in [0.1, 0.15) is 52.7 Å². The summed E-state index contributed by atoms with van der Waals surface area (Å²) in [6, 6.07) is 0.282. The molecule has 2 rings (SSSR count). The van der Waals surface area contributed by atoms with E-state index in [2.05, 4.69) is 29.6 Å². The molecule has 0 spiro atoms. The second-order valence-corrected chi connectivity index (χ2v) is 8.18. The zero-order valence-corrected chi connectivity index (χ0v) is 15.5. The Kier molecular flexibility index (Phi) is 5.25. The molecule has 1 heterocycles. The van der Waals surface area contributed by atoms with Gasteiger partial charge in [0.1, 0.15) is 5.60 Å². The average Bonchev–Trinajstić information content (AvgIpc) is 2.86. The Balaban J connectivity index is 1.80. The lowest BCUT2D eigenvalue weighted by molar-refractivity contribution is 0.0128. The largest absolute Gasteiger partial charge is 0.444 e. The number of aryl methyl sites for hydroxylation is 1. The molecular weight excluding hydrogens is 308 g/mol. The van der Waals surface area contributed by atoms with Gasteiger partial charge in [0.2, 0.25) is 0 Å². The van der Waals surface area contributed by atoms with Crippen LogP contribution < -0.4 is 10.6 Å². The highest BCUT2D eigenvalue weighted by Gasteiger charge is 2.49. The Morgan fingerprint density at radius 1 is 1.50 bits per heavy atom. The van der Waals surface area contributed by atoms with Crippen LogP contribution >= 0.6 is 0 Å². The van der Waals surface area contributed by atoms with E-state index in [0.717, 1.165) is 12.0 Å². The Morgan fingerprint density at radius 2 is 2.17 bits per heavy atom. The first-order valence-electron chi connectivity index (χ1n) is 8.38. The predicted octanol–water partition coefficient (Wildman–Crippen LogP) is 1.73. The van der Waals surface area contributed by atoms with E-state index < -0.39 is 11.7 Å². The van der Waals surface area contributed by atoms with E-state index in [0.29, 0.717) is 6.54 Å². The molecule has 1 aliphatic rings. The van der Waals surface area contributed by atoms with Crippen molar-refractivity contribution in [1.82, 2.24) is 20.4 Å². The molecule has 3 atom stereocenters. The molecule has 0 bridgehead atoms. The van der Waals surface area contributed by atoms with Crippen LogP contribution in [0.4, 0.5) is 4.79 Å². The number of hydrogen-bond acceptors (Lipinski definition) is 5. The Bertz CT molecular complexity index is 577. The third-order valence-corrected chi connectivity index (χ3v) is 4.63. The minimum absolute atomic E-state index is 0.0559. The third kappa shape index (κ3) is 4.48. The molecule has 24 heavy (non-hydrogen) atoms. The molecule has 1 aromatic rings. The molecule has 7 heteroatoms. The lowest BCUT2D eigenvalue weighted by Crippen LogP contribution is -2.66. The van der Waals surface area contributed by atoms with Gasteiger partial charge in [-0.1, -0.05) is 13.8 Å². The normalized spacial score (nSPS) is 24.1. The van der Waals surface area contributed by atoms with E-state index in [-0.39, 0.29) is 23.6 Å². The minimum Gasteiger partial charge on any atom is -0.444 e. The highest BCUT2D eigenvalue weighted by atomic mass is 16.6. The van der Waals surface area contributed by atoms with Crippen LogP contribution in [0.25, 0.3) is 0 Å². The topological polar surface area (TPSA) is 88.4 Å². The van der Waals surface area contributed by atoms with Crippen molar-refractivity contribution in [2.75, 3.05) is 6.54 Å². The second-order valence-electron chi connectivity index (χ2n) is 8.18. The van der Waals surface area contributed by atoms with Crippen molar-refractivity contribution in [3.8, 4) is 0 Å². The number of aliphatic hydroxyl groups excluding tert-OH is 1. The van der Waals surface area contributed by atoms with Gasteiger partial charge in [-0.05, 0) is 27.2 Å². The van der Waals surface area contributed by atoms with Gasteiger partial charge in [0.15, 0.2) is 0 Å². The minimum atomic E-state index is -0.590. The van der Waals surface area contributed by atoms with Gasteiger partial charge in [-0.2, -0.15) is 5.10 Å². The molecule has 0 aliphatic heterocycles. The summed E-state index contributed by atoms with van der Waals surface area (Å²) < 4.78 is 6.98. The Hall–Kier alpha value is -1.60. The van der Waals surface area contributed by atoms with E-state index in [4.69, 9.17) is 4.74 Å². The van der Waals surface area contributed by atoms with Crippen LogP contribution in [0.2, 0.25) is 0 Å². The number of amides is 1. The highest BCUT2D eigenvalue weighted by Crippen LogP contribution is 2.40. The average molecular weight is 338 g/mol. The van der Waals surface area contributed by atoms with Gasteiger partial charge in [-0.25, -0.2) is 4.79 Å². The molecule has 3 unspecified atom stereocenters. The van der Waals surface area contributed by atoms with Crippen molar-refractivity contribution < 1.29 is 14.6 Å². The van der Waals surface area contributed by atoms with E-state index >= 15 is 0 Å². The van der Waals surface area contributed by atoms with Gasteiger partial charge in [-0.15, -0.1) is 0 Å². The zero-order valence-electron chi connectivity index (χ0n) is 15.5. The van der Waals surface area contributed by atoms with Gasteiger partial charge in [0.25, 0.3) is 0 Å². The molecule has 136 valence electrons. The van der Waals surface area contributed by atoms with Gasteiger partial charge >= 0.3 is 6.09 Å². The van der Waals surface area contributed by atoms with Crippen LogP contribution in [0.3, 0.4) is 0 Å². The molecule has 0 saturated heterocycles. The summed E-state index contributed by atoms with van der Waals surface area (Å²) in [6.45, 7) is 10.2. The lowest BCUT2D eigenvalue weighted by atomic mass is 9.63. The van der Waals surface area contributed by atoms with Gasteiger partial charge < -0.3 is 20.5 Å². The van der Waals surface area contributed by atoms with Crippen LogP contribution in [0, 0.1) is 5.41 Å². The Labute approximate surface area is 143 Å². The van der Waals surface area contributed by atoms with Crippen molar-refractivity contribution in [2.24, 2.45) is 12.5 Å². The number of alkyl carbamates (subject to hydrolysis) is 1. The maximum atomic E-state index is 11.9. The van der Waals surface area contributed by atoms with Gasteiger partial charge in [0.05, 0.1) is 12.3 Å². The van der Waals surface area contributed by atoms with Crippen LogP contribution in [0.15, 0.2) is 12.4 Å². The molecule has 1 aromatic heterocycles. The van der Waals surface area contributed by atoms with Gasteiger partial charge in [-0.3, -0.25) is 4.68 Å². The number of aliphatic hydroxyl groups is 1. The first-order valence-corrected chi connectivity index (χ1v) is 8.38. The molecule has 7 nitrogen and oxygen atoms in total. The number of nitrogens with zero attached hydrogens (tertiary/aromatic N) is 2. The molecule has 3 N–H and O–H groups in total. The predicted molar refractivity (Wildman–Crippen MR) is 91.5 cm³/mol. The highest BCUT2D eigenvalue weighted by molar-refractivity contribution is 5.68. The fraction of sp³-hybridized carbons (Fsp3) is 0.765. The maximum Gasteiger partial charge on any atom is 0.407 e. The number of hydrogen-bond donors (Lipinski definition) is 3. The van der Waals surface area contributed by atoms with Crippen LogP contribution in [0.5, 0.6) is 0 Å². The van der Waals surface area contributed by atoms with Gasteiger partial charge in [0, 0.05) is 42.9 Å². The first-order chi connectivity index (χ1) is 11.0. The summed E-state index contributed by atoms with van der Waals surface area (Å²) in [5, 5.41) is 20.6. The number of rotatable bonds is 5. The van der Waals surface area contributed by atoms with Crippen molar-refractivity contribution in [2.45, 2.75) is 64.8 Å². The summed E-state index contributed by atoms with van der Waals surface area (Å²) in [5.74, 6) is 0. The molecule has 1 saturated carbocycles. The number of carbonyl (C=O) groups is 1. The molecule has 0 radical (unpaired) electrons. The third-order valence-electron chi connectivity index (χ3n) is 4.63. The van der Waals surface area contributed by atoms with Crippen molar-refractivity contribution in [3.05, 3.63) is 18.0 Å². The summed E-state index contributed by atoms with van der Waals surface area (Å²) in [5.41, 5.74) is 0.195. The maximum absolute atomic E-state index is 11.9. The standard InChI is InChI=1S/C17H30N4O3/c1-16(2,3)24-15(23)20-14-7-13(17(14,4)5)18-9-12(22)11-8-19-21(6)10-11/h8,10,12-14,18,22H,7,9H2,1-6H3,(H,20,23). The lowest BCUT2D eigenvalue weighted by Gasteiger charge is -2.52. The summed E-state index contributed by atoms with van der Waals surface area (Å²) >= 11 is 0. The fourth-order valence-electron chi connectivity index (χ4n) is 2.95. The number of ether oxygens (including phenoxy) is 1. The van der Waals surface area contributed by atoms with E-state index in [1.165, 1.54) is 0 Å². The number of nitrogens with one attached hydrogen (secondary N) is 2. The SMILES string of the molecule is Cn1cc(C(O)CNC2CC(NC(=O)OC(C)(C)C)C2(C)C)cn1. The van der Waals surface area contributed by atoms with Crippen molar-refractivity contribution in [3.63, 3.8) is 0 Å². The summed E-state index contributed by atoms with van der Waals surface area (Å²) in [4.78, 5) is 11.9. The quantitative estimate of drug-likeness (QED) is 0.761. The summed E-state index contributed by atoms with van der Waals surface area (Å²) in [7, 11) is 1.83. The molecule has 1 fully saturated rings. The van der Waals surface area contributed by atoms with E-state index in [9.17, 15) is 9.90 Å². The summed E-state index contributed by atoms with van der Waals surface area (Å²) in [6.07, 6.45) is 3.32. The Morgan fingerprint density at radius 3 is 2.67 bits per heavy atom.